The van der Waals surface area contributed by atoms with E-state index in [4.69, 9.17) is 0 Å². The summed E-state index contributed by atoms with van der Waals surface area (Å²) >= 11 is 0. The molecule has 1 aromatic carbocycles. The number of hydrogen-bond acceptors (Lipinski definition) is 0. The lowest BCUT2D eigenvalue weighted by Gasteiger charge is -2.05. The van der Waals surface area contributed by atoms with E-state index in [9.17, 15) is 13.2 Å². The van der Waals surface area contributed by atoms with Gasteiger partial charge in [-0.05, 0) is 24.5 Å². The lowest BCUT2D eigenvalue weighted by molar-refractivity contribution is 0.482. The third-order valence-corrected chi connectivity index (χ3v) is 1.89. The van der Waals surface area contributed by atoms with Gasteiger partial charge in [0.25, 0.3) is 0 Å². The predicted molar refractivity (Wildman–Crippen MR) is 40.4 cm³/mol. The van der Waals surface area contributed by atoms with Gasteiger partial charge in [0.1, 0.15) is 5.82 Å². The smallest absolute Gasteiger partial charge is 0.162 e. The van der Waals surface area contributed by atoms with Gasteiger partial charge in [-0.25, -0.2) is 13.2 Å². The van der Waals surface area contributed by atoms with Crippen LogP contribution in [0, 0.1) is 24.4 Å². The van der Waals surface area contributed by atoms with Crippen LogP contribution < -0.4 is 0 Å². The molecular formula is C9H9F3. The average Bonchev–Trinajstić information content (AvgIpc) is 2.02. The summed E-state index contributed by atoms with van der Waals surface area (Å²) in [6, 6.07) is 0.573. The topological polar surface area (TPSA) is 0 Å². The van der Waals surface area contributed by atoms with E-state index in [0.29, 0.717) is 12.5 Å². The van der Waals surface area contributed by atoms with Crippen molar-refractivity contribution in [1.29, 1.82) is 0 Å². The van der Waals surface area contributed by atoms with Crippen LogP contribution in [-0.4, -0.2) is 0 Å². The third-order valence-electron chi connectivity index (χ3n) is 1.89. The van der Waals surface area contributed by atoms with Crippen LogP contribution in [0.4, 0.5) is 13.2 Å². The molecule has 0 N–H and O–H groups in total. The van der Waals surface area contributed by atoms with Gasteiger partial charge in [-0.3, -0.25) is 0 Å². The first kappa shape index (κ1) is 9.10. The first-order valence-electron chi connectivity index (χ1n) is 3.70. The fraction of sp³-hybridized carbons (Fsp3) is 0.333. The molecule has 12 heavy (non-hydrogen) atoms. The quantitative estimate of drug-likeness (QED) is 0.574. The zero-order chi connectivity index (χ0) is 9.30. The Morgan fingerprint density at radius 3 is 2.25 bits per heavy atom. The van der Waals surface area contributed by atoms with Crippen molar-refractivity contribution in [3.8, 4) is 0 Å². The van der Waals surface area contributed by atoms with Crippen LogP contribution in [0.25, 0.3) is 0 Å². The normalized spacial score (nSPS) is 10.4. The number of rotatable bonds is 1. The molecule has 0 aromatic heterocycles. The standard InChI is InChI=1S/C9H9F3/c1-3-6-5(2)7(10)4-8(11)9(6)12/h4H,3H2,1-2H3. The summed E-state index contributed by atoms with van der Waals surface area (Å²) in [4.78, 5) is 0. The van der Waals surface area contributed by atoms with E-state index in [1.54, 1.807) is 6.92 Å². The number of halogens is 3. The molecule has 0 nitrogen and oxygen atoms in total. The first-order chi connectivity index (χ1) is 5.57. The molecule has 0 amide bonds. The lowest BCUT2D eigenvalue weighted by atomic mass is 10.1. The fourth-order valence-electron chi connectivity index (χ4n) is 1.16. The molecule has 0 heterocycles. The zero-order valence-corrected chi connectivity index (χ0v) is 6.92. The maximum absolute atomic E-state index is 12.9. The predicted octanol–water partition coefficient (Wildman–Crippen LogP) is 2.97. The molecule has 66 valence electrons. The van der Waals surface area contributed by atoms with Crippen LogP contribution in [0.15, 0.2) is 6.07 Å². The second kappa shape index (κ2) is 3.17. The Morgan fingerprint density at radius 1 is 1.17 bits per heavy atom. The SMILES string of the molecule is CCc1c(C)c(F)cc(F)c1F. The molecule has 1 aromatic rings. The number of hydrogen-bond donors (Lipinski definition) is 0. The van der Waals surface area contributed by atoms with Gasteiger partial charge >= 0.3 is 0 Å². The van der Waals surface area contributed by atoms with Crippen molar-refractivity contribution in [3.05, 3.63) is 34.6 Å². The van der Waals surface area contributed by atoms with Crippen LogP contribution >= 0.6 is 0 Å². The molecule has 0 bridgehead atoms. The molecule has 0 unspecified atom stereocenters. The van der Waals surface area contributed by atoms with Crippen LogP contribution in [0.2, 0.25) is 0 Å². The van der Waals surface area contributed by atoms with Gasteiger partial charge in [0.05, 0.1) is 0 Å². The molecule has 0 aliphatic heterocycles. The van der Waals surface area contributed by atoms with Gasteiger partial charge in [-0.2, -0.15) is 0 Å². The van der Waals surface area contributed by atoms with Crippen molar-refractivity contribution in [2.75, 3.05) is 0 Å². The van der Waals surface area contributed by atoms with Gasteiger partial charge in [-0.1, -0.05) is 6.92 Å². The average molecular weight is 174 g/mol. The molecular weight excluding hydrogens is 165 g/mol. The highest BCUT2D eigenvalue weighted by molar-refractivity contribution is 5.29. The Hall–Kier alpha value is -0.990. The van der Waals surface area contributed by atoms with Crippen molar-refractivity contribution in [3.63, 3.8) is 0 Å². The molecule has 0 atom stereocenters. The van der Waals surface area contributed by atoms with Gasteiger partial charge < -0.3 is 0 Å². The van der Waals surface area contributed by atoms with E-state index in [2.05, 4.69) is 0 Å². The summed E-state index contributed by atoms with van der Waals surface area (Å²) in [6.45, 7) is 3.10. The first-order valence-corrected chi connectivity index (χ1v) is 3.70. The summed E-state index contributed by atoms with van der Waals surface area (Å²) in [6.07, 6.45) is 0.298. The van der Waals surface area contributed by atoms with Crippen molar-refractivity contribution in [1.82, 2.24) is 0 Å². The van der Waals surface area contributed by atoms with E-state index in [1.165, 1.54) is 6.92 Å². The van der Waals surface area contributed by atoms with Crippen molar-refractivity contribution >= 4 is 0 Å². The summed E-state index contributed by atoms with van der Waals surface area (Å²) in [5.74, 6) is -2.74. The maximum atomic E-state index is 12.9. The van der Waals surface area contributed by atoms with Crippen molar-refractivity contribution in [2.45, 2.75) is 20.3 Å². The van der Waals surface area contributed by atoms with Crippen LogP contribution in [0.3, 0.4) is 0 Å². The Kier molecular flexibility index (Phi) is 2.40. The van der Waals surface area contributed by atoms with Crippen molar-refractivity contribution < 1.29 is 13.2 Å². The molecule has 0 aliphatic carbocycles. The lowest BCUT2D eigenvalue weighted by Crippen LogP contribution is -1.99. The fourth-order valence-corrected chi connectivity index (χ4v) is 1.16. The molecule has 3 heteroatoms. The molecule has 0 aliphatic rings. The highest BCUT2D eigenvalue weighted by Crippen LogP contribution is 2.19. The Morgan fingerprint density at radius 2 is 1.75 bits per heavy atom. The van der Waals surface area contributed by atoms with Crippen molar-refractivity contribution in [2.24, 2.45) is 0 Å². The van der Waals surface area contributed by atoms with Gasteiger partial charge in [-0.15, -0.1) is 0 Å². The Balaban J connectivity index is 3.42. The van der Waals surface area contributed by atoms with Crippen LogP contribution in [-0.2, 0) is 6.42 Å². The Labute approximate surface area is 69.0 Å². The highest BCUT2D eigenvalue weighted by Gasteiger charge is 2.13. The van der Waals surface area contributed by atoms with E-state index in [1.807, 2.05) is 0 Å². The van der Waals surface area contributed by atoms with Gasteiger partial charge in [0.15, 0.2) is 11.6 Å². The minimum Gasteiger partial charge on any atom is -0.207 e. The molecule has 0 fully saturated rings. The summed E-state index contributed by atoms with van der Waals surface area (Å²) in [5, 5.41) is 0. The summed E-state index contributed by atoms with van der Waals surface area (Å²) in [7, 11) is 0. The third kappa shape index (κ3) is 1.31. The second-order valence-corrected chi connectivity index (χ2v) is 2.61. The molecule has 1 rings (SSSR count). The summed E-state index contributed by atoms with van der Waals surface area (Å²) < 4.78 is 38.3. The van der Waals surface area contributed by atoms with Crippen LogP contribution in [0.1, 0.15) is 18.1 Å². The zero-order valence-electron chi connectivity index (χ0n) is 6.92. The summed E-state index contributed by atoms with van der Waals surface area (Å²) in [5.41, 5.74) is 0.309. The molecule has 0 saturated carbocycles. The van der Waals surface area contributed by atoms with E-state index in [-0.39, 0.29) is 11.1 Å². The van der Waals surface area contributed by atoms with E-state index < -0.39 is 17.5 Å². The van der Waals surface area contributed by atoms with E-state index in [0.717, 1.165) is 0 Å². The molecule has 0 radical (unpaired) electrons. The molecule has 0 saturated heterocycles. The second-order valence-electron chi connectivity index (χ2n) is 2.61. The minimum absolute atomic E-state index is 0.118. The minimum atomic E-state index is -1.12. The highest BCUT2D eigenvalue weighted by atomic mass is 19.2. The Bertz CT molecular complexity index is 279. The number of benzene rings is 1. The van der Waals surface area contributed by atoms with E-state index >= 15 is 0 Å². The molecule has 0 spiro atoms. The van der Waals surface area contributed by atoms with Gasteiger partial charge in [0, 0.05) is 6.07 Å². The maximum Gasteiger partial charge on any atom is 0.162 e. The largest absolute Gasteiger partial charge is 0.207 e. The monoisotopic (exact) mass is 174 g/mol. The van der Waals surface area contributed by atoms with Crippen LogP contribution in [0.5, 0.6) is 0 Å². The van der Waals surface area contributed by atoms with Gasteiger partial charge in [0.2, 0.25) is 0 Å².